The zero-order valence-corrected chi connectivity index (χ0v) is 35.4. The molecule has 13 aromatic rings. The molecule has 0 aliphatic rings. The van der Waals surface area contributed by atoms with E-state index in [2.05, 4.69) is 240 Å². The van der Waals surface area contributed by atoms with Crippen LogP contribution < -0.4 is 4.90 Å². The molecule has 2 aromatic heterocycles. The van der Waals surface area contributed by atoms with Crippen LogP contribution in [0, 0.1) is 0 Å². The number of furan rings is 1. The number of anilines is 3. The van der Waals surface area contributed by atoms with Crippen LogP contribution in [0.15, 0.2) is 247 Å². The highest BCUT2D eigenvalue weighted by Crippen LogP contribution is 2.42. The second kappa shape index (κ2) is 15.0. The highest BCUT2D eigenvalue weighted by atomic mass is 16.3. The predicted octanol–water partition coefficient (Wildman–Crippen LogP) is 17.5. The van der Waals surface area contributed by atoms with Crippen LogP contribution >= 0.6 is 0 Å². The second-order valence-electron chi connectivity index (χ2n) is 16.9. The van der Waals surface area contributed by atoms with E-state index < -0.39 is 0 Å². The molecule has 0 saturated carbocycles. The number of hydrogen-bond acceptors (Lipinski definition) is 2. The molecule has 0 spiro atoms. The van der Waals surface area contributed by atoms with Gasteiger partial charge in [-0.05, 0) is 128 Å². The van der Waals surface area contributed by atoms with E-state index in [4.69, 9.17) is 4.42 Å². The van der Waals surface area contributed by atoms with E-state index in [0.717, 1.165) is 55.8 Å². The molecule has 0 atom stereocenters. The van der Waals surface area contributed by atoms with E-state index in [1.807, 2.05) is 12.1 Å². The van der Waals surface area contributed by atoms with Crippen molar-refractivity contribution in [1.82, 2.24) is 4.57 Å². The van der Waals surface area contributed by atoms with Gasteiger partial charge in [-0.1, -0.05) is 170 Å². The summed E-state index contributed by atoms with van der Waals surface area (Å²) in [5.74, 6) is 0. The van der Waals surface area contributed by atoms with Crippen LogP contribution in [0.5, 0.6) is 0 Å². The average molecular weight is 829 g/mol. The lowest BCUT2D eigenvalue weighted by Gasteiger charge is -2.27. The Hall–Kier alpha value is -8.66. The topological polar surface area (TPSA) is 21.3 Å². The molecule has 0 amide bonds. The normalized spacial score (nSPS) is 11.7. The molecule has 3 nitrogen and oxygen atoms in total. The Bertz CT molecular complexity index is 3880. The highest BCUT2D eigenvalue weighted by Gasteiger charge is 2.18. The Morgan fingerprint density at radius 3 is 1.55 bits per heavy atom. The van der Waals surface area contributed by atoms with Gasteiger partial charge < -0.3 is 13.9 Å². The van der Waals surface area contributed by atoms with Gasteiger partial charge in [-0.2, -0.15) is 0 Å². The first-order valence-corrected chi connectivity index (χ1v) is 22.2. The van der Waals surface area contributed by atoms with Crippen molar-refractivity contribution < 1.29 is 4.42 Å². The number of hydrogen-bond donors (Lipinski definition) is 0. The maximum absolute atomic E-state index is 6.31. The van der Waals surface area contributed by atoms with E-state index in [9.17, 15) is 0 Å². The molecule has 0 bridgehead atoms. The van der Waals surface area contributed by atoms with Crippen molar-refractivity contribution in [2.24, 2.45) is 0 Å². The fourth-order valence-electron chi connectivity index (χ4n) is 10.1. The van der Waals surface area contributed by atoms with Crippen LogP contribution in [-0.2, 0) is 0 Å². The third-order valence-corrected chi connectivity index (χ3v) is 13.2. The largest absolute Gasteiger partial charge is 0.456 e. The lowest BCUT2D eigenvalue weighted by atomic mass is 9.98. The van der Waals surface area contributed by atoms with Crippen LogP contribution in [0.4, 0.5) is 17.1 Å². The molecule has 0 saturated heterocycles. The van der Waals surface area contributed by atoms with E-state index >= 15 is 0 Å². The molecule has 11 aromatic carbocycles. The number of rotatable bonds is 7. The Morgan fingerprint density at radius 1 is 0.308 bits per heavy atom. The molecule has 0 radical (unpaired) electrons. The quantitative estimate of drug-likeness (QED) is 0.149. The molecule has 0 aliphatic heterocycles. The molecular formula is C62H40N2O. The molecule has 0 aliphatic carbocycles. The number of nitrogens with zero attached hydrogens (tertiary/aromatic N) is 2. The van der Waals surface area contributed by atoms with Gasteiger partial charge in [0.1, 0.15) is 11.2 Å². The van der Waals surface area contributed by atoms with Crippen LogP contribution in [-0.4, -0.2) is 4.57 Å². The molecule has 304 valence electrons. The Kier molecular flexibility index (Phi) is 8.53. The number of benzene rings is 11. The molecule has 0 unspecified atom stereocenters. The van der Waals surface area contributed by atoms with Gasteiger partial charge in [0, 0.05) is 44.3 Å². The molecule has 2 heterocycles. The zero-order valence-electron chi connectivity index (χ0n) is 35.4. The second-order valence-corrected chi connectivity index (χ2v) is 16.9. The fourth-order valence-corrected chi connectivity index (χ4v) is 10.1. The van der Waals surface area contributed by atoms with Gasteiger partial charge in [-0.25, -0.2) is 0 Å². The van der Waals surface area contributed by atoms with E-state index in [1.54, 1.807) is 0 Å². The summed E-state index contributed by atoms with van der Waals surface area (Å²) in [5.41, 5.74) is 15.6. The van der Waals surface area contributed by atoms with Gasteiger partial charge in [0.25, 0.3) is 0 Å². The van der Waals surface area contributed by atoms with Crippen LogP contribution in [0.2, 0.25) is 0 Å². The molecule has 65 heavy (non-hydrogen) atoms. The standard InChI is InChI=1S/C62H40N2O/c1-2-14-52-45(11-1)27-28-47-40-51(37-38-53(47)52)63(50-13-9-12-46(39-50)54-18-10-22-61-62(54)57-17-5-8-21-60(57)65-61)48-33-29-43(30-34-48)41-23-25-42(26-24-41)44-31-35-49(36-32-44)64-58-19-6-3-15-55(58)56-16-4-7-20-59(56)64/h1-40H. The van der Waals surface area contributed by atoms with Crippen molar-refractivity contribution in [2.45, 2.75) is 0 Å². The van der Waals surface area contributed by atoms with Gasteiger partial charge in [0.15, 0.2) is 0 Å². The minimum atomic E-state index is 0.893. The molecule has 3 heteroatoms. The molecule has 0 N–H and O–H groups in total. The van der Waals surface area contributed by atoms with Gasteiger partial charge in [-0.3, -0.25) is 0 Å². The van der Waals surface area contributed by atoms with Crippen LogP contribution in [0.3, 0.4) is 0 Å². The minimum Gasteiger partial charge on any atom is -0.456 e. The summed E-state index contributed by atoms with van der Waals surface area (Å²) in [5, 5.41) is 9.76. The average Bonchev–Trinajstić information content (AvgIpc) is 3.93. The first-order valence-electron chi connectivity index (χ1n) is 22.2. The summed E-state index contributed by atoms with van der Waals surface area (Å²) in [6, 6.07) is 87.7. The maximum atomic E-state index is 6.31. The summed E-state index contributed by atoms with van der Waals surface area (Å²) in [6.45, 7) is 0. The number of aromatic nitrogens is 1. The fraction of sp³-hybridized carbons (Fsp3) is 0. The Morgan fingerprint density at radius 2 is 0.831 bits per heavy atom. The SMILES string of the molecule is c1cc(-c2cccc3oc4ccccc4c23)cc(N(c2ccc(-c3ccc(-c4ccc(-n5c6ccccc6c6ccccc65)cc4)cc3)cc2)c2ccc3c(ccc4ccccc43)c2)c1. The van der Waals surface area contributed by atoms with Crippen molar-refractivity contribution in [3.8, 4) is 39.1 Å². The molecule has 0 fully saturated rings. The predicted molar refractivity (Wildman–Crippen MR) is 274 cm³/mol. The minimum absolute atomic E-state index is 0.893. The van der Waals surface area contributed by atoms with E-state index in [1.165, 1.54) is 65.6 Å². The highest BCUT2D eigenvalue weighted by molar-refractivity contribution is 6.13. The van der Waals surface area contributed by atoms with Gasteiger partial charge >= 0.3 is 0 Å². The summed E-state index contributed by atoms with van der Waals surface area (Å²) in [7, 11) is 0. The van der Waals surface area contributed by atoms with E-state index in [-0.39, 0.29) is 0 Å². The zero-order chi connectivity index (χ0) is 42.8. The summed E-state index contributed by atoms with van der Waals surface area (Å²) >= 11 is 0. The summed E-state index contributed by atoms with van der Waals surface area (Å²) < 4.78 is 8.67. The Labute approximate surface area is 376 Å². The number of fused-ring (bicyclic) bond motifs is 9. The van der Waals surface area contributed by atoms with Crippen molar-refractivity contribution in [3.63, 3.8) is 0 Å². The number of para-hydroxylation sites is 3. The van der Waals surface area contributed by atoms with Crippen molar-refractivity contribution >= 4 is 82.4 Å². The van der Waals surface area contributed by atoms with Crippen molar-refractivity contribution in [3.05, 3.63) is 243 Å². The van der Waals surface area contributed by atoms with E-state index in [0.29, 0.717) is 0 Å². The lowest BCUT2D eigenvalue weighted by Crippen LogP contribution is -2.10. The van der Waals surface area contributed by atoms with Gasteiger partial charge in [0.05, 0.1) is 11.0 Å². The summed E-state index contributed by atoms with van der Waals surface area (Å²) in [4.78, 5) is 2.38. The first-order chi connectivity index (χ1) is 32.2. The maximum Gasteiger partial charge on any atom is 0.136 e. The van der Waals surface area contributed by atoms with Gasteiger partial charge in [0.2, 0.25) is 0 Å². The van der Waals surface area contributed by atoms with Crippen LogP contribution in [0.25, 0.3) is 104 Å². The molecular weight excluding hydrogens is 789 g/mol. The van der Waals surface area contributed by atoms with Crippen LogP contribution in [0.1, 0.15) is 0 Å². The van der Waals surface area contributed by atoms with Gasteiger partial charge in [-0.15, -0.1) is 0 Å². The van der Waals surface area contributed by atoms with Crippen molar-refractivity contribution in [2.75, 3.05) is 4.90 Å². The lowest BCUT2D eigenvalue weighted by molar-refractivity contribution is 0.669. The third-order valence-electron chi connectivity index (χ3n) is 13.2. The first kappa shape index (κ1) is 36.9. The monoisotopic (exact) mass is 828 g/mol. The Balaban J connectivity index is 0.851. The van der Waals surface area contributed by atoms with Crippen molar-refractivity contribution in [1.29, 1.82) is 0 Å². The molecule has 13 rings (SSSR count). The summed E-state index contributed by atoms with van der Waals surface area (Å²) in [6.07, 6.45) is 0. The smallest absolute Gasteiger partial charge is 0.136 e. The third kappa shape index (κ3) is 6.20.